The van der Waals surface area contributed by atoms with Gasteiger partial charge in [0.05, 0.1) is 6.61 Å². The van der Waals surface area contributed by atoms with Crippen molar-refractivity contribution in [3.63, 3.8) is 0 Å². The lowest BCUT2D eigenvalue weighted by Crippen LogP contribution is -2.61. The molecule has 4 fully saturated rings. The minimum Gasteiger partial charge on any atom is -0.395 e. The first-order valence-corrected chi connectivity index (χ1v) is 6.49. The molecule has 2 heteroatoms. The quantitative estimate of drug-likeness (QED) is 0.744. The van der Waals surface area contributed by atoms with Gasteiger partial charge in [0.25, 0.3) is 0 Å². The number of hydrogen-bond donors (Lipinski definition) is 2. The summed E-state index contributed by atoms with van der Waals surface area (Å²) in [5, 5.41) is 12.6. The molecule has 2 atom stereocenters. The molecule has 0 heterocycles. The van der Waals surface area contributed by atoms with Crippen LogP contribution in [0.2, 0.25) is 0 Å². The van der Waals surface area contributed by atoms with Crippen molar-refractivity contribution in [2.75, 3.05) is 13.2 Å². The van der Waals surface area contributed by atoms with Crippen LogP contribution in [0.3, 0.4) is 0 Å². The highest BCUT2D eigenvalue weighted by Gasteiger charge is 2.55. The number of aliphatic hydroxyl groups excluding tert-OH is 1. The molecule has 0 aromatic carbocycles. The van der Waals surface area contributed by atoms with Crippen LogP contribution in [0.4, 0.5) is 0 Å². The molecular weight excluding hydrogens is 186 g/mol. The molecule has 15 heavy (non-hydrogen) atoms. The first kappa shape index (κ1) is 10.1. The summed E-state index contributed by atoms with van der Waals surface area (Å²) in [4.78, 5) is 0. The second-order valence-corrected chi connectivity index (χ2v) is 6.70. The molecule has 0 unspecified atom stereocenters. The Hall–Kier alpha value is -0.0800. The summed E-state index contributed by atoms with van der Waals surface area (Å²) in [6.45, 7) is 3.56. The Kier molecular flexibility index (Phi) is 2.16. The molecule has 2 N–H and O–H groups in total. The number of β-amino-alcohol motifs (C(OH)–C–C–N with tert-alkyl or cyclic N) is 1. The van der Waals surface area contributed by atoms with Gasteiger partial charge < -0.3 is 10.4 Å². The predicted molar refractivity (Wildman–Crippen MR) is 60.6 cm³/mol. The first-order valence-electron chi connectivity index (χ1n) is 6.49. The molecule has 0 aliphatic heterocycles. The van der Waals surface area contributed by atoms with Gasteiger partial charge in [0, 0.05) is 12.1 Å². The summed E-state index contributed by atoms with van der Waals surface area (Å²) < 4.78 is 0. The van der Waals surface area contributed by atoms with Crippen LogP contribution >= 0.6 is 0 Å². The third-order valence-corrected chi connectivity index (χ3v) is 4.97. The highest BCUT2D eigenvalue weighted by atomic mass is 16.3. The maximum absolute atomic E-state index is 8.97. The summed E-state index contributed by atoms with van der Waals surface area (Å²) in [6, 6.07) is 0. The minimum atomic E-state index is 0.286. The molecule has 0 radical (unpaired) electrons. The van der Waals surface area contributed by atoms with Gasteiger partial charge in [-0.3, -0.25) is 0 Å². The van der Waals surface area contributed by atoms with Crippen LogP contribution in [0.25, 0.3) is 0 Å². The van der Waals surface area contributed by atoms with Crippen molar-refractivity contribution in [2.45, 2.75) is 51.0 Å². The van der Waals surface area contributed by atoms with Gasteiger partial charge in [0.1, 0.15) is 0 Å². The first-order chi connectivity index (χ1) is 7.13. The summed E-state index contributed by atoms with van der Waals surface area (Å²) >= 11 is 0. The van der Waals surface area contributed by atoms with E-state index >= 15 is 0 Å². The second kappa shape index (κ2) is 3.21. The molecule has 4 aliphatic carbocycles. The summed E-state index contributed by atoms with van der Waals surface area (Å²) in [5.41, 5.74) is 1.02. The maximum Gasteiger partial charge on any atom is 0.0556 e. The van der Waals surface area contributed by atoms with Crippen LogP contribution in [0.15, 0.2) is 0 Å². The van der Waals surface area contributed by atoms with Crippen molar-refractivity contribution >= 4 is 0 Å². The van der Waals surface area contributed by atoms with Gasteiger partial charge in [0.2, 0.25) is 0 Å². The number of rotatable bonds is 3. The van der Waals surface area contributed by atoms with Crippen LogP contribution in [-0.4, -0.2) is 23.8 Å². The zero-order valence-electron chi connectivity index (χ0n) is 9.76. The van der Waals surface area contributed by atoms with Crippen LogP contribution in [0, 0.1) is 17.3 Å². The Morgan fingerprint density at radius 1 is 1.20 bits per heavy atom. The third-order valence-electron chi connectivity index (χ3n) is 4.97. The lowest BCUT2D eigenvalue weighted by Gasteiger charge is -2.61. The molecule has 4 bridgehead atoms. The molecule has 4 saturated carbocycles. The Morgan fingerprint density at radius 3 is 2.40 bits per heavy atom. The molecule has 0 amide bonds. The SMILES string of the molecule is CC12C[C@H]3C[C@H](C1)CC(NCCO)(C3)C2. The van der Waals surface area contributed by atoms with E-state index in [1.165, 1.54) is 38.5 Å². The van der Waals surface area contributed by atoms with Gasteiger partial charge in [-0.25, -0.2) is 0 Å². The van der Waals surface area contributed by atoms with Crippen LogP contribution in [0.1, 0.15) is 45.4 Å². The topological polar surface area (TPSA) is 32.3 Å². The van der Waals surface area contributed by atoms with Crippen molar-refractivity contribution in [1.82, 2.24) is 5.32 Å². The number of nitrogens with one attached hydrogen (secondary N) is 1. The van der Waals surface area contributed by atoms with Crippen molar-refractivity contribution in [2.24, 2.45) is 17.3 Å². The summed E-state index contributed by atoms with van der Waals surface area (Å²) in [7, 11) is 0. The highest BCUT2D eigenvalue weighted by Crippen LogP contribution is 2.61. The van der Waals surface area contributed by atoms with E-state index in [2.05, 4.69) is 12.2 Å². The lowest BCUT2D eigenvalue weighted by molar-refractivity contribution is -0.0727. The zero-order chi connectivity index (χ0) is 10.5. The molecule has 0 aromatic heterocycles. The van der Waals surface area contributed by atoms with Crippen molar-refractivity contribution in [1.29, 1.82) is 0 Å². The van der Waals surface area contributed by atoms with Crippen LogP contribution in [0.5, 0.6) is 0 Å². The van der Waals surface area contributed by atoms with Crippen LogP contribution < -0.4 is 5.32 Å². The van der Waals surface area contributed by atoms with E-state index in [9.17, 15) is 0 Å². The molecule has 4 aliphatic rings. The van der Waals surface area contributed by atoms with Crippen molar-refractivity contribution in [3.8, 4) is 0 Å². The molecule has 2 nitrogen and oxygen atoms in total. The lowest BCUT2D eigenvalue weighted by atomic mass is 9.47. The molecule has 4 rings (SSSR count). The Balaban J connectivity index is 1.80. The Bertz CT molecular complexity index is 249. The van der Waals surface area contributed by atoms with Gasteiger partial charge in [0.15, 0.2) is 0 Å². The third kappa shape index (κ3) is 1.62. The fourth-order valence-electron chi connectivity index (χ4n) is 5.25. The van der Waals surface area contributed by atoms with Crippen molar-refractivity contribution in [3.05, 3.63) is 0 Å². The van der Waals surface area contributed by atoms with E-state index in [1.807, 2.05) is 0 Å². The van der Waals surface area contributed by atoms with Gasteiger partial charge >= 0.3 is 0 Å². The molecule has 86 valence electrons. The fourth-order valence-corrected chi connectivity index (χ4v) is 5.25. The maximum atomic E-state index is 8.97. The average molecular weight is 209 g/mol. The van der Waals surface area contributed by atoms with E-state index in [1.54, 1.807) is 0 Å². The number of hydrogen-bond acceptors (Lipinski definition) is 2. The predicted octanol–water partition coefficient (Wildman–Crippen LogP) is 1.93. The largest absolute Gasteiger partial charge is 0.395 e. The summed E-state index contributed by atoms with van der Waals surface area (Å²) in [5.74, 6) is 1.95. The van der Waals surface area contributed by atoms with E-state index in [4.69, 9.17) is 5.11 Å². The van der Waals surface area contributed by atoms with Gasteiger partial charge in [-0.2, -0.15) is 0 Å². The van der Waals surface area contributed by atoms with Crippen molar-refractivity contribution < 1.29 is 5.11 Å². The van der Waals surface area contributed by atoms with E-state index in [-0.39, 0.29) is 6.61 Å². The number of aliphatic hydroxyl groups is 1. The molecular formula is C13H23NO. The van der Waals surface area contributed by atoms with Gasteiger partial charge in [-0.05, 0) is 55.8 Å². The summed E-state index contributed by atoms with van der Waals surface area (Å²) in [6.07, 6.45) is 8.52. The minimum absolute atomic E-state index is 0.286. The van der Waals surface area contributed by atoms with E-state index in [0.29, 0.717) is 11.0 Å². The van der Waals surface area contributed by atoms with Gasteiger partial charge in [-0.1, -0.05) is 6.92 Å². The molecule has 0 spiro atoms. The van der Waals surface area contributed by atoms with E-state index in [0.717, 1.165) is 18.4 Å². The van der Waals surface area contributed by atoms with E-state index < -0.39 is 0 Å². The van der Waals surface area contributed by atoms with Crippen LogP contribution in [-0.2, 0) is 0 Å². The smallest absolute Gasteiger partial charge is 0.0556 e. The monoisotopic (exact) mass is 209 g/mol. The fraction of sp³-hybridized carbons (Fsp3) is 1.00. The Morgan fingerprint density at radius 2 is 1.87 bits per heavy atom. The van der Waals surface area contributed by atoms with Gasteiger partial charge in [-0.15, -0.1) is 0 Å². The molecule has 0 aromatic rings. The Labute approximate surface area is 92.4 Å². The zero-order valence-corrected chi connectivity index (χ0v) is 9.76. The average Bonchev–Trinajstić information content (AvgIpc) is 2.10. The second-order valence-electron chi connectivity index (χ2n) is 6.70. The molecule has 0 saturated heterocycles. The normalized spacial score (nSPS) is 52.4. The highest BCUT2D eigenvalue weighted by molar-refractivity contribution is 5.10. The standard InChI is InChI=1S/C13H23NO/c1-12-5-10-4-11(6-12)8-13(7-10,9-12)14-2-3-15/h10-11,14-15H,2-9H2,1H3/t10-,11-,12?,13?/m1/s1.